The summed E-state index contributed by atoms with van der Waals surface area (Å²) in [4.78, 5) is 22.0. The lowest BCUT2D eigenvalue weighted by Crippen LogP contribution is -2.25. The van der Waals surface area contributed by atoms with Crippen LogP contribution in [-0.4, -0.2) is 24.2 Å². The van der Waals surface area contributed by atoms with Crippen molar-refractivity contribution in [3.63, 3.8) is 0 Å². The second-order valence-corrected chi connectivity index (χ2v) is 5.00. The Bertz CT molecular complexity index is 595. The predicted molar refractivity (Wildman–Crippen MR) is 76.1 cm³/mol. The molecule has 2 rings (SSSR count). The summed E-state index contributed by atoms with van der Waals surface area (Å²) in [6.45, 7) is 4.51. The Morgan fingerprint density at radius 2 is 2.24 bits per heavy atom. The lowest BCUT2D eigenvalue weighted by Gasteiger charge is -2.04. The van der Waals surface area contributed by atoms with Gasteiger partial charge in [0.1, 0.15) is 0 Å². The second kappa shape index (κ2) is 6.25. The molecular formula is C14H16N2O5. The minimum absolute atomic E-state index is 0.0434. The molecule has 7 heteroatoms. The number of hydrogen-bond donors (Lipinski definition) is 1. The molecule has 0 radical (unpaired) electrons. The van der Waals surface area contributed by atoms with Gasteiger partial charge in [0.15, 0.2) is 5.75 Å². The molecule has 1 N–H and O–H groups in total. The van der Waals surface area contributed by atoms with Gasteiger partial charge < -0.3 is 14.8 Å². The Morgan fingerprint density at radius 3 is 2.90 bits per heavy atom. The molecule has 0 saturated carbocycles. The van der Waals surface area contributed by atoms with Gasteiger partial charge in [0.05, 0.1) is 4.92 Å². The SMILES string of the molecule is CC(C)CNC(=O)/C=C/c1cc2c(c([N+](=O)[O-])c1)OCO2. The summed E-state index contributed by atoms with van der Waals surface area (Å²) in [7, 11) is 0. The van der Waals surface area contributed by atoms with E-state index in [9.17, 15) is 14.9 Å². The van der Waals surface area contributed by atoms with Crippen LogP contribution < -0.4 is 14.8 Å². The Balaban J connectivity index is 2.16. The van der Waals surface area contributed by atoms with Gasteiger partial charge in [-0.1, -0.05) is 13.8 Å². The zero-order chi connectivity index (χ0) is 15.4. The van der Waals surface area contributed by atoms with Crippen LogP contribution in [0.3, 0.4) is 0 Å². The summed E-state index contributed by atoms with van der Waals surface area (Å²) in [6.07, 6.45) is 2.84. The highest BCUT2D eigenvalue weighted by Crippen LogP contribution is 2.41. The van der Waals surface area contributed by atoms with E-state index in [2.05, 4.69) is 5.32 Å². The number of benzene rings is 1. The van der Waals surface area contributed by atoms with Crippen LogP contribution in [0.1, 0.15) is 19.4 Å². The quantitative estimate of drug-likeness (QED) is 0.510. The van der Waals surface area contributed by atoms with Gasteiger partial charge in [-0.2, -0.15) is 0 Å². The Kier molecular flexibility index (Phi) is 4.42. The number of carbonyl (C=O) groups is 1. The molecule has 0 unspecified atom stereocenters. The maximum absolute atomic E-state index is 11.6. The van der Waals surface area contributed by atoms with Gasteiger partial charge in [0.2, 0.25) is 18.4 Å². The number of nitrogens with one attached hydrogen (secondary N) is 1. The van der Waals surface area contributed by atoms with Crippen LogP contribution in [0.4, 0.5) is 5.69 Å². The summed E-state index contributed by atoms with van der Waals surface area (Å²) in [5, 5.41) is 13.7. The zero-order valence-electron chi connectivity index (χ0n) is 11.8. The molecule has 21 heavy (non-hydrogen) atoms. The average Bonchev–Trinajstić information content (AvgIpc) is 2.89. The molecule has 0 spiro atoms. The summed E-state index contributed by atoms with van der Waals surface area (Å²) >= 11 is 0. The molecule has 1 aromatic carbocycles. The standard InChI is InChI=1S/C14H16N2O5/c1-9(2)7-15-13(17)4-3-10-5-11(16(18)19)14-12(6-10)20-8-21-14/h3-6,9H,7-8H2,1-2H3,(H,15,17)/b4-3+. The van der Waals surface area contributed by atoms with Crippen molar-refractivity contribution in [2.75, 3.05) is 13.3 Å². The van der Waals surface area contributed by atoms with E-state index in [1.807, 2.05) is 13.8 Å². The average molecular weight is 292 g/mol. The molecule has 0 saturated heterocycles. The summed E-state index contributed by atoms with van der Waals surface area (Å²) in [5.41, 5.74) is 0.331. The van der Waals surface area contributed by atoms with Crippen LogP contribution in [0.25, 0.3) is 6.08 Å². The van der Waals surface area contributed by atoms with E-state index in [-0.39, 0.29) is 24.1 Å². The molecule has 0 aromatic heterocycles. The van der Waals surface area contributed by atoms with E-state index in [1.165, 1.54) is 18.2 Å². The molecular weight excluding hydrogens is 276 g/mol. The number of nitro benzene ring substituents is 1. The molecule has 0 aliphatic carbocycles. The highest BCUT2D eigenvalue weighted by Gasteiger charge is 2.26. The highest BCUT2D eigenvalue weighted by atomic mass is 16.7. The van der Waals surface area contributed by atoms with Crippen LogP contribution in [0, 0.1) is 16.0 Å². The van der Waals surface area contributed by atoms with Gasteiger partial charge in [0.25, 0.3) is 0 Å². The number of carbonyl (C=O) groups excluding carboxylic acids is 1. The normalized spacial score (nSPS) is 12.9. The lowest BCUT2D eigenvalue weighted by molar-refractivity contribution is -0.385. The summed E-state index contributed by atoms with van der Waals surface area (Å²) in [5.74, 6) is 0.547. The van der Waals surface area contributed by atoms with E-state index >= 15 is 0 Å². The number of nitrogens with zero attached hydrogens (tertiary/aromatic N) is 1. The number of fused-ring (bicyclic) bond motifs is 1. The molecule has 1 heterocycles. The van der Waals surface area contributed by atoms with Gasteiger partial charge >= 0.3 is 5.69 Å². The first-order valence-electron chi connectivity index (χ1n) is 6.51. The van der Waals surface area contributed by atoms with Gasteiger partial charge in [-0.3, -0.25) is 14.9 Å². The van der Waals surface area contributed by atoms with Crippen molar-refractivity contribution in [2.45, 2.75) is 13.8 Å². The minimum atomic E-state index is -0.538. The molecule has 1 amide bonds. The van der Waals surface area contributed by atoms with Gasteiger partial charge in [-0.05, 0) is 23.6 Å². The van der Waals surface area contributed by atoms with Crippen molar-refractivity contribution in [1.82, 2.24) is 5.32 Å². The van der Waals surface area contributed by atoms with Crippen molar-refractivity contribution >= 4 is 17.7 Å². The van der Waals surface area contributed by atoms with Crippen molar-refractivity contribution in [3.05, 3.63) is 33.9 Å². The van der Waals surface area contributed by atoms with Crippen LogP contribution >= 0.6 is 0 Å². The molecule has 1 aliphatic rings. The minimum Gasteiger partial charge on any atom is -0.453 e. The maximum Gasteiger partial charge on any atom is 0.315 e. The molecule has 0 fully saturated rings. The molecule has 112 valence electrons. The third kappa shape index (κ3) is 3.71. The summed E-state index contributed by atoms with van der Waals surface area (Å²) in [6, 6.07) is 2.95. The van der Waals surface area contributed by atoms with Crippen LogP contribution in [0.15, 0.2) is 18.2 Å². The van der Waals surface area contributed by atoms with Crippen LogP contribution in [0.5, 0.6) is 11.5 Å². The number of amides is 1. The fourth-order valence-electron chi connectivity index (χ4n) is 1.78. The van der Waals surface area contributed by atoms with Gasteiger partial charge in [-0.15, -0.1) is 0 Å². The molecule has 0 atom stereocenters. The van der Waals surface area contributed by atoms with Crippen molar-refractivity contribution in [3.8, 4) is 11.5 Å². The zero-order valence-corrected chi connectivity index (χ0v) is 11.8. The fourth-order valence-corrected chi connectivity index (χ4v) is 1.78. The molecule has 1 aromatic rings. The smallest absolute Gasteiger partial charge is 0.315 e. The number of ether oxygens (including phenoxy) is 2. The number of hydrogen-bond acceptors (Lipinski definition) is 5. The largest absolute Gasteiger partial charge is 0.453 e. The van der Waals surface area contributed by atoms with Gasteiger partial charge in [0, 0.05) is 18.7 Å². The Labute approximate surface area is 121 Å². The first kappa shape index (κ1) is 14.8. The van der Waals surface area contributed by atoms with E-state index in [1.54, 1.807) is 6.07 Å². The second-order valence-electron chi connectivity index (χ2n) is 5.00. The lowest BCUT2D eigenvalue weighted by atomic mass is 10.1. The molecule has 0 bridgehead atoms. The van der Waals surface area contributed by atoms with Crippen molar-refractivity contribution < 1.29 is 19.2 Å². The first-order valence-corrected chi connectivity index (χ1v) is 6.51. The van der Waals surface area contributed by atoms with Gasteiger partial charge in [-0.25, -0.2) is 0 Å². The first-order chi connectivity index (χ1) is 9.97. The van der Waals surface area contributed by atoms with Crippen LogP contribution in [-0.2, 0) is 4.79 Å². The number of nitro groups is 1. The van der Waals surface area contributed by atoms with Crippen molar-refractivity contribution in [1.29, 1.82) is 0 Å². The van der Waals surface area contributed by atoms with E-state index < -0.39 is 4.92 Å². The topological polar surface area (TPSA) is 90.7 Å². The van der Waals surface area contributed by atoms with E-state index in [4.69, 9.17) is 9.47 Å². The third-order valence-corrected chi connectivity index (χ3v) is 2.78. The third-order valence-electron chi connectivity index (χ3n) is 2.78. The van der Waals surface area contributed by atoms with E-state index in [0.717, 1.165) is 0 Å². The Hall–Kier alpha value is -2.57. The number of rotatable bonds is 5. The van der Waals surface area contributed by atoms with Crippen LogP contribution in [0.2, 0.25) is 0 Å². The highest BCUT2D eigenvalue weighted by molar-refractivity contribution is 5.92. The molecule has 7 nitrogen and oxygen atoms in total. The molecule has 1 aliphatic heterocycles. The Morgan fingerprint density at radius 1 is 1.48 bits per heavy atom. The fraction of sp³-hybridized carbons (Fsp3) is 0.357. The maximum atomic E-state index is 11.6. The summed E-state index contributed by atoms with van der Waals surface area (Å²) < 4.78 is 10.2. The van der Waals surface area contributed by atoms with Crippen molar-refractivity contribution in [2.24, 2.45) is 5.92 Å². The predicted octanol–water partition coefficient (Wildman–Crippen LogP) is 2.11. The van der Waals surface area contributed by atoms with E-state index in [0.29, 0.717) is 23.8 Å². The monoisotopic (exact) mass is 292 g/mol.